The van der Waals surface area contributed by atoms with E-state index in [1.165, 1.54) is 0 Å². The average Bonchev–Trinajstić information content (AvgIpc) is 2.87. The van der Waals surface area contributed by atoms with E-state index in [1.807, 2.05) is 60.7 Å². The van der Waals surface area contributed by atoms with Gasteiger partial charge in [0, 0.05) is 34.0 Å². The molecule has 2 unspecified atom stereocenters. The molecule has 0 aromatic heterocycles. The van der Waals surface area contributed by atoms with Crippen molar-refractivity contribution >= 4 is 34.8 Å². The molecule has 2 nitrogen and oxygen atoms in total. The number of hydrogen-bond acceptors (Lipinski definition) is 2. The quantitative estimate of drug-likeness (QED) is 0.222. The monoisotopic (exact) mass is 486 g/mol. The third-order valence-corrected chi connectivity index (χ3v) is 6.59. The molecule has 34 heavy (non-hydrogen) atoms. The van der Waals surface area contributed by atoms with Crippen LogP contribution in [0.2, 0.25) is 10.0 Å². The van der Waals surface area contributed by atoms with Crippen LogP contribution in [0.5, 0.6) is 0 Å². The molecule has 0 amide bonds. The van der Waals surface area contributed by atoms with E-state index in [4.69, 9.17) is 23.2 Å². The smallest absolute Gasteiger partial charge is 0.163 e. The second-order valence-corrected chi connectivity index (χ2v) is 9.18. The lowest BCUT2D eigenvalue weighted by molar-refractivity contribution is 0.0936. The fraction of sp³-hybridized carbons (Fsp3) is 0.133. The van der Waals surface area contributed by atoms with Crippen molar-refractivity contribution in [1.82, 2.24) is 0 Å². The molecular weight excluding hydrogens is 463 g/mol. The molecule has 4 aromatic carbocycles. The molecule has 0 saturated heterocycles. The Kier molecular flexibility index (Phi) is 7.95. The van der Waals surface area contributed by atoms with Crippen LogP contribution >= 0.6 is 23.2 Å². The van der Waals surface area contributed by atoms with Gasteiger partial charge in [-0.05, 0) is 71.5 Å². The first-order valence-electron chi connectivity index (χ1n) is 11.2. The Morgan fingerprint density at radius 1 is 0.500 bits per heavy atom. The van der Waals surface area contributed by atoms with Gasteiger partial charge in [-0.2, -0.15) is 0 Å². The molecule has 0 aliphatic carbocycles. The number of carbonyl (C=O) groups excluding carboxylic acids is 2. The van der Waals surface area contributed by atoms with Crippen LogP contribution in [-0.4, -0.2) is 11.6 Å². The molecular formula is C30H24Cl2O2. The normalized spacial score (nSPS) is 12.6. The second-order valence-electron chi connectivity index (χ2n) is 8.30. The highest BCUT2D eigenvalue weighted by Crippen LogP contribution is 2.40. The van der Waals surface area contributed by atoms with Crippen LogP contribution in [0.25, 0.3) is 0 Å². The van der Waals surface area contributed by atoms with E-state index in [1.54, 1.807) is 48.5 Å². The van der Waals surface area contributed by atoms with Gasteiger partial charge in [0.05, 0.1) is 0 Å². The maximum absolute atomic E-state index is 13.3. The summed E-state index contributed by atoms with van der Waals surface area (Å²) in [7, 11) is 0. The number of Topliss-reactive ketones (excluding diaryl/α,β-unsaturated/α-hetero) is 2. The predicted molar refractivity (Wildman–Crippen MR) is 139 cm³/mol. The lowest BCUT2D eigenvalue weighted by Gasteiger charge is -2.28. The number of benzene rings is 4. The summed E-state index contributed by atoms with van der Waals surface area (Å²) in [6.07, 6.45) is 0.554. The minimum Gasteiger partial charge on any atom is -0.294 e. The summed E-state index contributed by atoms with van der Waals surface area (Å²) in [6, 6.07) is 33.8. The number of hydrogen-bond donors (Lipinski definition) is 0. The third-order valence-electron chi connectivity index (χ3n) is 6.08. The number of halogens is 2. The minimum absolute atomic E-state index is 0.0189. The summed E-state index contributed by atoms with van der Waals surface area (Å²) in [5, 5.41) is 1.18. The third kappa shape index (κ3) is 6.02. The molecule has 4 rings (SSSR count). The van der Waals surface area contributed by atoms with Crippen LogP contribution in [0.15, 0.2) is 109 Å². The first-order chi connectivity index (χ1) is 16.5. The zero-order chi connectivity index (χ0) is 23.9. The Hall–Kier alpha value is -3.20. The molecule has 0 saturated carbocycles. The van der Waals surface area contributed by atoms with Crippen molar-refractivity contribution in [2.45, 2.75) is 24.7 Å². The minimum atomic E-state index is -0.178. The maximum Gasteiger partial charge on any atom is 0.163 e. The van der Waals surface area contributed by atoms with E-state index in [9.17, 15) is 9.59 Å². The second kappa shape index (κ2) is 11.3. The molecule has 2 atom stereocenters. The molecule has 0 N–H and O–H groups in total. The maximum atomic E-state index is 13.3. The topological polar surface area (TPSA) is 34.1 Å². The van der Waals surface area contributed by atoms with E-state index in [0.717, 1.165) is 11.1 Å². The average molecular weight is 487 g/mol. The van der Waals surface area contributed by atoms with Gasteiger partial charge in [0.1, 0.15) is 0 Å². The SMILES string of the molecule is O=C(CC(c1ccccc1)C(CC(=O)c1ccc(Cl)cc1)c1ccccc1)c1ccc(Cl)cc1. The number of carbonyl (C=O) groups is 2. The molecule has 0 aliphatic rings. The van der Waals surface area contributed by atoms with Crippen molar-refractivity contribution < 1.29 is 9.59 Å². The van der Waals surface area contributed by atoms with E-state index in [-0.39, 0.29) is 36.2 Å². The molecule has 0 bridgehead atoms. The Balaban J connectivity index is 1.71. The molecule has 0 aliphatic heterocycles. The summed E-state index contributed by atoms with van der Waals surface area (Å²) in [4.78, 5) is 26.7. The van der Waals surface area contributed by atoms with Crippen LogP contribution in [0, 0.1) is 0 Å². The molecule has 0 heterocycles. The van der Waals surface area contributed by atoms with Crippen molar-refractivity contribution in [2.24, 2.45) is 0 Å². The van der Waals surface area contributed by atoms with Gasteiger partial charge in [-0.3, -0.25) is 9.59 Å². The number of rotatable bonds is 9. The van der Waals surface area contributed by atoms with Gasteiger partial charge in [-0.15, -0.1) is 0 Å². The molecule has 170 valence electrons. The van der Waals surface area contributed by atoms with E-state index in [2.05, 4.69) is 0 Å². The lowest BCUT2D eigenvalue weighted by atomic mass is 9.75. The van der Waals surface area contributed by atoms with Gasteiger partial charge in [0.15, 0.2) is 11.6 Å². The standard InChI is InChI=1S/C30H24Cl2O2/c31-25-15-11-23(12-16-25)29(33)19-27(21-7-3-1-4-8-21)28(22-9-5-2-6-10-22)20-30(34)24-13-17-26(32)18-14-24/h1-18,27-28H,19-20H2. The zero-order valence-corrected chi connectivity index (χ0v) is 20.0. The van der Waals surface area contributed by atoms with Crippen molar-refractivity contribution in [3.63, 3.8) is 0 Å². The van der Waals surface area contributed by atoms with Gasteiger partial charge >= 0.3 is 0 Å². The Bertz CT molecular complexity index is 1130. The molecule has 0 fully saturated rings. The molecule has 0 spiro atoms. The fourth-order valence-electron chi connectivity index (χ4n) is 4.29. The van der Waals surface area contributed by atoms with Gasteiger partial charge in [0.25, 0.3) is 0 Å². The first kappa shape index (κ1) is 23.9. The van der Waals surface area contributed by atoms with Crippen LogP contribution in [-0.2, 0) is 0 Å². The fourth-order valence-corrected chi connectivity index (χ4v) is 4.54. The van der Waals surface area contributed by atoms with Crippen LogP contribution in [0.3, 0.4) is 0 Å². The van der Waals surface area contributed by atoms with E-state index >= 15 is 0 Å². The zero-order valence-electron chi connectivity index (χ0n) is 18.5. The number of ketones is 2. The highest BCUT2D eigenvalue weighted by molar-refractivity contribution is 6.31. The highest BCUT2D eigenvalue weighted by Gasteiger charge is 2.29. The van der Waals surface area contributed by atoms with Crippen LogP contribution in [0.1, 0.15) is 56.5 Å². The van der Waals surface area contributed by atoms with E-state index < -0.39 is 0 Å². The summed E-state index contributed by atoms with van der Waals surface area (Å²) in [5.74, 6) is -0.318. The van der Waals surface area contributed by atoms with Gasteiger partial charge < -0.3 is 0 Å². The summed E-state index contributed by atoms with van der Waals surface area (Å²) in [6.45, 7) is 0. The van der Waals surface area contributed by atoms with Crippen LogP contribution in [0.4, 0.5) is 0 Å². The van der Waals surface area contributed by atoms with E-state index in [0.29, 0.717) is 21.2 Å². The van der Waals surface area contributed by atoms with Crippen LogP contribution < -0.4 is 0 Å². The van der Waals surface area contributed by atoms with Crippen molar-refractivity contribution in [1.29, 1.82) is 0 Å². The molecule has 4 heteroatoms. The Labute approximate surface area is 210 Å². The summed E-state index contributed by atoms with van der Waals surface area (Å²) < 4.78 is 0. The molecule has 0 radical (unpaired) electrons. The van der Waals surface area contributed by atoms with Crippen molar-refractivity contribution in [3.05, 3.63) is 141 Å². The largest absolute Gasteiger partial charge is 0.294 e. The summed E-state index contributed by atoms with van der Waals surface area (Å²) >= 11 is 12.0. The summed E-state index contributed by atoms with van der Waals surface area (Å²) in [5.41, 5.74) is 3.28. The van der Waals surface area contributed by atoms with Crippen molar-refractivity contribution in [3.8, 4) is 0 Å². The van der Waals surface area contributed by atoms with Gasteiger partial charge in [-0.25, -0.2) is 0 Å². The highest BCUT2D eigenvalue weighted by atomic mass is 35.5. The Morgan fingerprint density at radius 2 is 0.824 bits per heavy atom. The van der Waals surface area contributed by atoms with Gasteiger partial charge in [0.2, 0.25) is 0 Å². The first-order valence-corrected chi connectivity index (χ1v) is 11.9. The van der Waals surface area contributed by atoms with Gasteiger partial charge in [-0.1, -0.05) is 83.9 Å². The Morgan fingerprint density at radius 3 is 1.15 bits per heavy atom. The lowest BCUT2D eigenvalue weighted by Crippen LogP contribution is -2.19. The predicted octanol–water partition coefficient (Wildman–Crippen LogP) is 8.41. The van der Waals surface area contributed by atoms with Crippen molar-refractivity contribution in [2.75, 3.05) is 0 Å². The molecule has 4 aromatic rings.